The molecule has 3 saturated heterocycles. The molecule has 0 aromatic rings. The number of aliphatic hydroxyl groups excluding tert-OH is 1. The molecule has 0 aliphatic carbocycles. The van der Waals surface area contributed by atoms with Crippen molar-refractivity contribution in [2.24, 2.45) is 0 Å². The number of ether oxygens (including phenoxy) is 4. The van der Waals surface area contributed by atoms with Gasteiger partial charge in [0.05, 0.1) is 0 Å². The standard InChI is InChI=1S/C9H12O6/c1-9(2)14-6-5-4(13-8(6)15-9)3(10)7(11)12-5/h3-6,8,10H,1-2H3/t3-,4+,5-,6+,8-/m0/s1. The van der Waals surface area contributed by atoms with Gasteiger partial charge < -0.3 is 24.1 Å². The Balaban J connectivity index is 1.83. The maximum Gasteiger partial charge on any atom is 0.338 e. The van der Waals surface area contributed by atoms with E-state index in [1.165, 1.54) is 0 Å². The fourth-order valence-electron chi connectivity index (χ4n) is 2.23. The first-order valence-corrected chi connectivity index (χ1v) is 4.88. The van der Waals surface area contributed by atoms with Crippen molar-refractivity contribution in [1.82, 2.24) is 0 Å². The maximum atomic E-state index is 11.1. The molecule has 3 heterocycles. The molecule has 3 aliphatic heterocycles. The van der Waals surface area contributed by atoms with Gasteiger partial charge in [-0.25, -0.2) is 4.79 Å². The highest BCUT2D eigenvalue weighted by molar-refractivity contribution is 5.78. The molecule has 5 atom stereocenters. The molecular formula is C9H12O6. The molecule has 84 valence electrons. The Morgan fingerprint density at radius 1 is 1.20 bits per heavy atom. The van der Waals surface area contributed by atoms with Crippen LogP contribution in [-0.2, 0) is 23.7 Å². The Bertz CT molecular complexity index is 314. The Morgan fingerprint density at radius 3 is 2.67 bits per heavy atom. The van der Waals surface area contributed by atoms with Gasteiger partial charge in [0, 0.05) is 0 Å². The van der Waals surface area contributed by atoms with Crippen LogP contribution in [0, 0.1) is 0 Å². The quantitative estimate of drug-likeness (QED) is 0.532. The molecule has 0 amide bonds. The topological polar surface area (TPSA) is 74.2 Å². The first-order chi connectivity index (χ1) is 6.98. The van der Waals surface area contributed by atoms with E-state index in [9.17, 15) is 9.90 Å². The SMILES string of the molecule is CC1(C)O[C@@H]2O[C@H]3[C@H](OC(=O)[C@H]3O)[C@H]2O1. The molecule has 15 heavy (non-hydrogen) atoms. The third-order valence-corrected chi connectivity index (χ3v) is 2.83. The first-order valence-electron chi connectivity index (χ1n) is 4.88. The number of aliphatic hydroxyl groups is 1. The molecule has 0 radical (unpaired) electrons. The predicted molar refractivity (Wildman–Crippen MR) is 44.6 cm³/mol. The highest BCUT2D eigenvalue weighted by atomic mass is 16.8. The maximum absolute atomic E-state index is 11.1. The van der Waals surface area contributed by atoms with Crippen molar-refractivity contribution in [2.75, 3.05) is 0 Å². The van der Waals surface area contributed by atoms with Gasteiger partial charge in [0.25, 0.3) is 0 Å². The fraction of sp³-hybridized carbons (Fsp3) is 0.889. The second-order valence-corrected chi connectivity index (χ2v) is 4.42. The Labute approximate surface area is 86.1 Å². The van der Waals surface area contributed by atoms with Crippen LogP contribution < -0.4 is 0 Å². The summed E-state index contributed by atoms with van der Waals surface area (Å²) in [5, 5.41) is 9.44. The van der Waals surface area contributed by atoms with Crippen LogP contribution in [-0.4, -0.2) is 47.6 Å². The van der Waals surface area contributed by atoms with Gasteiger partial charge >= 0.3 is 5.97 Å². The highest BCUT2D eigenvalue weighted by Gasteiger charge is 2.62. The lowest BCUT2D eigenvalue weighted by Crippen LogP contribution is -2.35. The van der Waals surface area contributed by atoms with Crippen molar-refractivity contribution < 1.29 is 28.8 Å². The molecule has 0 spiro atoms. The molecule has 0 saturated carbocycles. The minimum atomic E-state index is -1.23. The van der Waals surface area contributed by atoms with E-state index in [4.69, 9.17) is 18.9 Å². The van der Waals surface area contributed by atoms with Crippen molar-refractivity contribution >= 4 is 5.97 Å². The summed E-state index contributed by atoms with van der Waals surface area (Å²) in [6.07, 6.45) is -3.44. The zero-order valence-electron chi connectivity index (χ0n) is 8.38. The molecule has 6 nitrogen and oxygen atoms in total. The normalized spacial score (nSPS) is 51.4. The number of hydrogen-bond donors (Lipinski definition) is 1. The molecule has 0 aromatic heterocycles. The zero-order valence-corrected chi connectivity index (χ0v) is 8.38. The van der Waals surface area contributed by atoms with Crippen LogP contribution in [0.1, 0.15) is 13.8 Å². The van der Waals surface area contributed by atoms with Crippen LogP contribution in [0.25, 0.3) is 0 Å². The van der Waals surface area contributed by atoms with E-state index in [2.05, 4.69) is 0 Å². The molecule has 3 rings (SSSR count). The Hall–Kier alpha value is -0.690. The smallest absolute Gasteiger partial charge is 0.338 e. The van der Waals surface area contributed by atoms with Gasteiger partial charge in [0.1, 0.15) is 6.10 Å². The lowest BCUT2D eigenvalue weighted by atomic mass is 10.1. The van der Waals surface area contributed by atoms with Crippen LogP contribution in [0.3, 0.4) is 0 Å². The molecule has 3 fully saturated rings. The van der Waals surface area contributed by atoms with Crippen molar-refractivity contribution in [3.8, 4) is 0 Å². The number of esters is 1. The van der Waals surface area contributed by atoms with E-state index in [1.54, 1.807) is 13.8 Å². The average molecular weight is 216 g/mol. The van der Waals surface area contributed by atoms with E-state index in [-0.39, 0.29) is 0 Å². The van der Waals surface area contributed by atoms with E-state index in [1.807, 2.05) is 0 Å². The summed E-state index contributed by atoms with van der Waals surface area (Å²) in [6, 6.07) is 0. The lowest BCUT2D eigenvalue weighted by molar-refractivity contribution is -0.214. The van der Waals surface area contributed by atoms with E-state index in [0.717, 1.165) is 0 Å². The van der Waals surface area contributed by atoms with Crippen molar-refractivity contribution in [3.63, 3.8) is 0 Å². The molecule has 1 N–H and O–H groups in total. The van der Waals surface area contributed by atoms with Crippen LogP contribution >= 0.6 is 0 Å². The minimum Gasteiger partial charge on any atom is -0.454 e. The Morgan fingerprint density at radius 2 is 1.93 bits per heavy atom. The zero-order chi connectivity index (χ0) is 10.8. The van der Waals surface area contributed by atoms with Gasteiger partial charge in [-0.15, -0.1) is 0 Å². The predicted octanol–water partition coefficient (Wildman–Crippen LogP) is -0.851. The summed E-state index contributed by atoms with van der Waals surface area (Å²) >= 11 is 0. The second-order valence-electron chi connectivity index (χ2n) is 4.42. The lowest BCUT2D eigenvalue weighted by Gasteiger charge is -2.20. The van der Waals surface area contributed by atoms with Gasteiger partial charge in [0.2, 0.25) is 0 Å². The van der Waals surface area contributed by atoms with Gasteiger partial charge in [-0.3, -0.25) is 0 Å². The molecular weight excluding hydrogens is 204 g/mol. The van der Waals surface area contributed by atoms with Crippen molar-refractivity contribution in [2.45, 2.75) is 50.3 Å². The summed E-state index contributed by atoms with van der Waals surface area (Å²) in [4.78, 5) is 11.1. The summed E-state index contributed by atoms with van der Waals surface area (Å²) in [5.41, 5.74) is 0. The number of carbonyl (C=O) groups is 1. The highest BCUT2D eigenvalue weighted by Crippen LogP contribution is 2.42. The van der Waals surface area contributed by atoms with Crippen LogP contribution in [0.2, 0.25) is 0 Å². The molecule has 0 unspecified atom stereocenters. The molecule has 0 bridgehead atoms. The number of rotatable bonds is 0. The fourth-order valence-corrected chi connectivity index (χ4v) is 2.23. The Kier molecular flexibility index (Phi) is 1.72. The average Bonchev–Trinajstić information content (AvgIpc) is 2.66. The van der Waals surface area contributed by atoms with Crippen LogP contribution in [0.15, 0.2) is 0 Å². The van der Waals surface area contributed by atoms with Gasteiger partial charge in [-0.1, -0.05) is 0 Å². The minimum absolute atomic E-state index is 0.439. The molecule has 3 aliphatic rings. The summed E-state index contributed by atoms with van der Waals surface area (Å²) in [6.45, 7) is 3.52. The van der Waals surface area contributed by atoms with E-state index >= 15 is 0 Å². The van der Waals surface area contributed by atoms with Gasteiger partial charge in [0.15, 0.2) is 30.4 Å². The summed E-state index contributed by atoms with van der Waals surface area (Å²) in [7, 11) is 0. The summed E-state index contributed by atoms with van der Waals surface area (Å²) < 4.78 is 21.4. The van der Waals surface area contributed by atoms with Crippen molar-refractivity contribution in [1.29, 1.82) is 0 Å². The third kappa shape index (κ3) is 1.22. The largest absolute Gasteiger partial charge is 0.454 e. The van der Waals surface area contributed by atoms with Crippen LogP contribution in [0.4, 0.5) is 0 Å². The number of hydrogen-bond acceptors (Lipinski definition) is 6. The van der Waals surface area contributed by atoms with E-state index in [0.29, 0.717) is 0 Å². The molecule has 6 heteroatoms. The monoisotopic (exact) mass is 216 g/mol. The first kappa shape index (κ1) is 9.53. The van der Waals surface area contributed by atoms with Crippen LogP contribution in [0.5, 0.6) is 0 Å². The number of carbonyl (C=O) groups excluding carboxylic acids is 1. The molecule has 0 aromatic carbocycles. The number of fused-ring (bicyclic) bond motifs is 3. The van der Waals surface area contributed by atoms with E-state index < -0.39 is 42.5 Å². The second kappa shape index (κ2) is 2.70. The summed E-state index contributed by atoms with van der Waals surface area (Å²) in [5.74, 6) is -1.39. The van der Waals surface area contributed by atoms with Gasteiger partial charge in [-0.2, -0.15) is 0 Å². The van der Waals surface area contributed by atoms with Gasteiger partial charge in [-0.05, 0) is 13.8 Å². The third-order valence-electron chi connectivity index (χ3n) is 2.83. The van der Waals surface area contributed by atoms with Crippen molar-refractivity contribution in [3.05, 3.63) is 0 Å².